The Hall–Kier alpha value is -1.09. The van der Waals surface area contributed by atoms with Gasteiger partial charge in [-0.2, -0.15) is 0 Å². The zero-order valence-electron chi connectivity index (χ0n) is 12.5. The molecule has 20 heavy (non-hydrogen) atoms. The van der Waals surface area contributed by atoms with Gasteiger partial charge < -0.3 is 10.2 Å². The first kappa shape index (κ1) is 13.9. The van der Waals surface area contributed by atoms with Gasteiger partial charge in [0.25, 0.3) is 0 Å². The molecule has 1 aromatic carbocycles. The number of hydrogen-bond donors (Lipinski definition) is 1. The van der Waals surface area contributed by atoms with E-state index in [4.69, 9.17) is 0 Å². The molecule has 0 aromatic heterocycles. The molecule has 0 radical (unpaired) electrons. The van der Waals surface area contributed by atoms with Gasteiger partial charge in [0.1, 0.15) is 5.82 Å². The Morgan fingerprint density at radius 2 is 2.05 bits per heavy atom. The second-order valence-corrected chi connectivity index (χ2v) is 6.31. The Morgan fingerprint density at radius 1 is 1.25 bits per heavy atom. The Kier molecular flexibility index (Phi) is 3.97. The highest BCUT2D eigenvalue weighted by molar-refractivity contribution is 5.56. The highest BCUT2D eigenvalue weighted by Crippen LogP contribution is 2.41. The molecule has 2 fully saturated rings. The van der Waals surface area contributed by atoms with Gasteiger partial charge >= 0.3 is 0 Å². The number of benzene rings is 1. The predicted octanol–water partition coefficient (Wildman–Crippen LogP) is 3.88. The van der Waals surface area contributed by atoms with Crippen molar-refractivity contribution in [2.24, 2.45) is 5.92 Å². The number of halogens is 1. The van der Waals surface area contributed by atoms with E-state index >= 15 is 0 Å². The summed E-state index contributed by atoms with van der Waals surface area (Å²) in [6.07, 6.45) is 6.67. The van der Waals surface area contributed by atoms with E-state index in [1.165, 1.54) is 37.8 Å². The predicted molar refractivity (Wildman–Crippen MR) is 81.6 cm³/mol. The number of hydrogen-bond acceptors (Lipinski definition) is 2. The SMILES string of the molecule is CNC(C)c1cc(F)ccc1N1CCCC2CCCC21. The summed E-state index contributed by atoms with van der Waals surface area (Å²) in [6, 6.07) is 6.16. The van der Waals surface area contributed by atoms with Crippen LogP contribution in [0.15, 0.2) is 18.2 Å². The summed E-state index contributed by atoms with van der Waals surface area (Å²) in [5.41, 5.74) is 2.34. The molecule has 2 aliphatic rings. The van der Waals surface area contributed by atoms with Crippen molar-refractivity contribution in [2.75, 3.05) is 18.5 Å². The molecule has 0 amide bonds. The molecule has 1 N–H and O–H groups in total. The summed E-state index contributed by atoms with van der Waals surface area (Å²) in [5.74, 6) is 0.720. The summed E-state index contributed by atoms with van der Waals surface area (Å²) in [7, 11) is 1.94. The minimum Gasteiger partial charge on any atom is -0.368 e. The lowest BCUT2D eigenvalue weighted by molar-refractivity contribution is 0.361. The molecule has 3 rings (SSSR count). The van der Waals surface area contributed by atoms with E-state index in [2.05, 4.69) is 17.1 Å². The zero-order valence-corrected chi connectivity index (χ0v) is 12.5. The van der Waals surface area contributed by atoms with Crippen LogP contribution in [0.1, 0.15) is 50.6 Å². The van der Waals surface area contributed by atoms with Crippen molar-refractivity contribution in [1.29, 1.82) is 0 Å². The largest absolute Gasteiger partial charge is 0.368 e. The normalized spacial score (nSPS) is 27.4. The molecule has 3 atom stereocenters. The van der Waals surface area contributed by atoms with Crippen molar-refractivity contribution in [3.63, 3.8) is 0 Å². The number of nitrogens with zero attached hydrogens (tertiary/aromatic N) is 1. The molecular weight excluding hydrogens is 251 g/mol. The quantitative estimate of drug-likeness (QED) is 0.901. The van der Waals surface area contributed by atoms with Gasteiger partial charge in [-0.05, 0) is 69.3 Å². The fraction of sp³-hybridized carbons (Fsp3) is 0.647. The van der Waals surface area contributed by atoms with Crippen molar-refractivity contribution in [1.82, 2.24) is 5.32 Å². The van der Waals surface area contributed by atoms with E-state index in [1.54, 1.807) is 12.1 Å². The van der Waals surface area contributed by atoms with Crippen LogP contribution in [0.25, 0.3) is 0 Å². The third kappa shape index (κ3) is 2.44. The Labute approximate surface area is 121 Å². The molecule has 0 spiro atoms. The summed E-state index contributed by atoms with van der Waals surface area (Å²) < 4.78 is 13.6. The second kappa shape index (κ2) is 5.72. The highest BCUT2D eigenvalue weighted by Gasteiger charge is 2.36. The van der Waals surface area contributed by atoms with Crippen molar-refractivity contribution >= 4 is 5.69 Å². The molecule has 1 saturated heterocycles. The second-order valence-electron chi connectivity index (χ2n) is 6.31. The van der Waals surface area contributed by atoms with E-state index in [0.29, 0.717) is 6.04 Å². The average molecular weight is 276 g/mol. The van der Waals surface area contributed by atoms with Gasteiger partial charge in [0.15, 0.2) is 0 Å². The van der Waals surface area contributed by atoms with E-state index in [-0.39, 0.29) is 11.9 Å². The standard InChI is InChI=1S/C17H25FN2/c1-12(19-2)15-11-14(18)8-9-17(15)20-10-4-6-13-5-3-7-16(13)20/h8-9,11-13,16,19H,3-7,10H2,1-2H3. The lowest BCUT2D eigenvalue weighted by atomic mass is 9.90. The summed E-state index contributed by atoms with van der Waals surface area (Å²) in [4.78, 5) is 2.56. The molecule has 110 valence electrons. The van der Waals surface area contributed by atoms with Crippen LogP contribution >= 0.6 is 0 Å². The molecule has 1 aliphatic carbocycles. The number of piperidine rings is 1. The van der Waals surface area contributed by atoms with Crippen molar-refractivity contribution in [2.45, 2.75) is 51.1 Å². The van der Waals surface area contributed by atoms with Crippen LogP contribution < -0.4 is 10.2 Å². The molecular formula is C17H25FN2. The minimum absolute atomic E-state index is 0.133. The van der Waals surface area contributed by atoms with Gasteiger partial charge in [-0.3, -0.25) is 0 Å². The maximum atomic E-state index is 13.6. The molecule has 1 heterocycles. The van der Waals surface area contributed by atoms with Crippen molar-refractivity contribution < 1.29 is 4.39 Å². The van der Waals surface area contributed by atoms with Crippen LogP contribution in [0, 0.1) is 11.7 Å². The van der Waals surface area contributed by atoms with Crippen LogP contribution in [0.2, 0.25) is 0 Å². The molecule has 1 aromatic rings. The summed E-state index contributed by atoms with van der Waals surface area (Å²) >= 11 is 0. The van der Waals surface area contributed by atoms with Gasteiger partial charge in [-0.15, -0.1) is 0 Å². The van der Waals surface area contributed by atoms with E-state index in [0.717, 1.165) is 18.0 Å². The number of rotatable bonds is 3. The lowest BCUT2D eigenvalue weighted by Crippen LogP contribution is -2.43. The molecule has 2 nitrogen and oxygen atoms in total. The first-order valence-electron chi connectivity index (χ1n) is 7.94. The maximum Gasteiger partial charge on any atom is 0.123 e. The van der Waals surface area contributed by atoms with Crippen LogP contribution in [-0.2, 0) is 0 Å². The number of anilines is 1. The molecule has 0 bridgehead atoms. The monoisotopic (exact) mass is 276 g/mol. The average Bonchev–Trinajstić information content (AvgIpc) is 2.95. The first-order valence-corrected chi connectivity index (χ1v) is 7.94. The van der Waals surface area contributed by atoms with Crippen molar-refractivity contribution in [3.8, 4) is 0 Å². The van der Waals surface area contributed by atoms with Crippen molar-refractivity contribution in [3.05, 3.63) is 29.6 Å². The highest BCUT2D eigenvalue weighted by atomic mass is 19.1. The van der Waals surface area contributed by atoms with Gasteiger partial charge in [-0.1, -0.05) is 6.42 Å². The Balaban J connectivity index is 1.96. The maximum absolute atomic E-state index is 13.6. The Bertz CT molecular complexity index is 474. The Morgan fingerprint density at radius 3 is 2.85 bits per heavy atom. The third-order valence-corrected chi connectivity index (χ3v) is 5.19. The van der Waals surface area contributed by atoms with Gasteiger partial charge in [0.05, 0.1) is 0 Å². The summed E-state index contributed by atoms with van der Waals surface area (Å²) in [6.45, 7) is 3.23. The number of fused-ring (bicyclic) bond motifs is 1. The van der Waals surface area contributed by atoms with Crippen LogP contribution in [0.3, 0.4) is 0 Å². The molecule has 3 unspecified atom stereocenters. The van der Waals surface area contributed by atoms with Crippen LogP contribution in [-0.4, -0.2) is 19.6 Å². The molecule has 1 aliphatic heterocycles. The van der Waals surface area contributed by atoms with Crippen LogP contribution in [0.4, 0.5) is 10.1 Å². The van der Waals surface area contributed by atoms with Crippen LogP contribution in [0.5, 0.6) is 0 Å². The zero-order chi connectivity index (χ0) is 14.1. The van der Waals surface area contributed by atoms with E-state index < -0.39 is 0 Å². The van der Waals surface area contributed by atoms with E-state index in [9.17, 15) is 4.39 Å². The van der Waals surface area contributed by atoms with Gasteiger partial charge in [0, 0.05) is 24.3 Å². The third-order valence-electron chi connectivity index (χ3n) is 5.19. The fourth-order valence-electron chi connectivity index (χ4n) is 4.04. The topological polar surface area (TPSA) is 15.3 Å². The van der Waals surface area contributed by atoms with Gasteiger partial charge in [-0.25, -0.2) is 4.39 Å². The first-order chi connectivity index (χ1) is 9.70. The fourth-order valence-corrected chi connectivity index (χ4v) is 4.04. The minimum atomic E-state index is -0.133. The van der Waals surface area contributed by atoms with E-state index in [1.807, 2.05) is 13.1 Å². The smallest absolute Gasteiger partial charge is 0.123 e. The van der Waals surface area contributed by atoms with Gasteiger partial charge in [0.2, 0.25) is 0 Å². The summed E-state index contributed by atoms with van der Waals surface area (Å²) in [5, 5.41) is 3.25. The number of nitrogens with one attached hydrogen (secondary N) is 1. The lowest BCUT2D eigenvalue weighted by Gasteiger charge is -2.41. The molecule has 1 saturated carbocycles. The molecule has 3 heteroatoms.